The molecule has 4 aromatic rings. The van der Waals surface area contributed by atoms with Gasteiger partial charge in [0.25, 0.3) is 0 Å². The Labute approximate surface area is 298 Å². The number of nitrogens with zero attached hydrogens (tertiary/aromatic N) is 2. The van der Waals surface area contributed by atoms with E-state index in [-0.39, 0.29) is 39.5 Å². The molecule has 0 unspecified atom stereocenters. The van der Waals surface area contributed by atoms with Crippen LogP contribution in [0, 0.1) is 29.1 Å². The number of hydrogen-bond acceptors (Lipinski definition) is 5. The quantitative estimate of drug-likeness (QED) is 0.0865. The first-order valence-electron chi connectivity index (χ1n) is 16.1. The van der Waals surface area contributed by atoms with Crippen molar-refractivity contribution in [3.8, 4) is 5.75 Å². The standard InChI is InChI=1S/C37H36ClF5N2O5S/c1-37(2,3)26-15-22(14-25(16-26)23-6-7-23)19-45(28-11-8-24(20-46)29(47)17-28)30(48)12-13-44(18-21-4-9-27(38)10-5-21)51(49,50)36-34(42)32(40)31(39)33(41)35(36)43/h4-5,8-11,14-17,23,46-47H,6-7,12-13,18-20H2,1-3H3. The van der Waals surface area contributed by atoms with Gasteiger partial charge in [-0.2, -0.15) is 4.31 Å². The van der Waals surface area contributed by atoms with Gasteiger partial charge >= 0.3 is 0 Å². The van der Waals surface area contributed by atoms with E-state index in [1.54, 1.807) is 0 Å². The van der Waals surface area contributed by atoms with Crippen LogP contribution in [0.2, 0.25) is 5.02 Å². The Balaban J connectivity index is 1.54. The number of hydrogen-bond donors (Lipinski definition) is 2. The predicted octanol–water partition coefficient (Wildman–Crippen LogP) is 8.22. The number of aromatic hydroxyl groups is 1. The normalized spacial score (nSPS) is 13.5. The second-order valence-corrected chi connectivity index (χ2v) is 15.9. The molecule has 0 saturated heterocycles. The van der Waals surface area contributed by atoms with Crippen molar-refractivity contribution in [3.05, 3.63) is 123 Å². The van der Waals surface area contributed by atoms with E-state index in [1.807, 2.05) is 12.1 Å². The lowest BCUT2D eigenvalue weighted by atomic mass is 9.84. The highest BCUT2D eigenvalue weighted by molar-refractivity contribution is 7.89. The molecule has 14 heteroatoms. The number of aliphatic hydroxyl groups is 1. The van der Waals surface area contributed by atoms with E-state index in [2.05, 4.69) is 26.8 Å². The minimum absolute atomic E-state index is 0.0258. The molecule has 272 valence electrons. The molecule has 1 aliphatic rings. The van der Waals surface area contributed by atoms with Crippen molar-refractivity contribution in [3.63, 3.8) is 0 Å². The smallest absolute Gasteiger partial charge is 0.249 e. The average Bonchev–Trinajstić information content (AvgIpc) is 3.93. The van der Waals surface area contributed by atoms with Gasteiger partial charge in [0, 0.05) is 41.9 Å². The lowest BCUT2D eigenvalue weighted by Crippen LogP contribution is -2.38. The zero-order valence-corrected chi connectivity index (χ0v) is 29.6. The van der Waals surface area contributed by atoms with Crippen LogP contribution in [0.25, 0.3) is 0 Å². The van der Waals surface area contributed by atoms with Crippen LogP contribution in [0.5, 0.6) is 5.75 Å². The molecule has 1 fully saturated rings. The third-order valence-corrected chi connectivity index (χ3v) is 10.9. The first kappa shape index (κ1) is 38.2. The molecular weight excluding hydrogens is 715 g/mol. The molecule has 1 aliphatic carbocycles. The summed E-state index contributed by atoms with van der Waals surface area (Å²) in [5, 5.41) is 20.4. The molecule has 0 heterocycles. The van der Waals surface area contributed by atoms with Gasteiger partial charge in [-0.1, -0.05) is 68.8 Å². The van der Waals surface area contributed by atoms with Crippen LogP contribution >= 0.6 is 11.6 Å². The fourth-order valence-electron chi connectivity index (χ4n) is 5.63. The Bertz CT molecular complexity index is 2040. The fraction of sp³-hybridized carbons (Fsp3) is 0.324. The SMILES string of the molecule is CC(C)(C)c1cc(CN(C(=O)CCN(Cc2ccc(Cl)cc2)S(=O)(=O)c2c(F)c(F)c(F)c(F)c2F)c2ccc(CO)c(O)c2)cc(C2CC2)c1. The van der Waals surface area contributed by atoms with Crippen LogP contribution < -0.4 is 4.90 Å². The van der Waals surface area contributed by atoms with Gasteiger partial charge in [0.2, 0.25) is 21.7 Å². The lowest BCUT2D eigenvalue weighted by molar-refractivity contribution is -0.118. The number of phenols is 1. The van der Waals surface area contributed by atoms with Crippen molar-refractivity contribution in [2.24, 2.45) is 0 Å². The summed E-state index contributed by atoms with van der Waals surface area (Å²) < 4.78 is 100.0. The molecule has 4 aromatic carbocycles. The molecule has 0 spiro atoms. The maximum atomic E-state index is 14.9. The van der Waals surface area contributed by atoms with Crippen molar-refractivity contribution < 1.29 is 45.4 Å². The topological polar surface area (TPSA) is 98.2 Å². The molecule has 2 N–H and O–H groups in total. The van der Waals surface area contributed by atoms with Gasteiger partial charge in [0.05, 0.1) is 13.2 Å². The highest BCUT2D eigenvalue weighted by Gasteiger charge is 2.38. The third kappa shape index (κ3) is 8.38. The summed E-state index contributed by atoms with van der Waals surface area (Å²) in [6, 6.07) is 15.9. The van der Waals surface area contributed by atoms with Crippen molar-refractivity contribution in [2.75, 3.05) is 11.4 Å². The zero-order valence-electron chi connectivity index (χ0n) is 28.0. The second-order valence-electron chi connectivity index (χ2n) is 13.6. The number of halogens is 6. The molecule has 0 radical (unpaired) electrons. The van der Waals surface area contributed by atoms with Crippen LogP contribution in [0.4, 0.5) is 27.6 Å². The Morgan fingerprint density at radius 3 is 2.00 bits per heavy atom. The molecule has 51 heavy (non-hydrogen) atoms. The molecule has 1 amide bonds. The number of carbonyl (C=O) groups excluding carboxylic acids is 1. The van der Waals surface area contributed by atoms with Gasteiger partial charge in [-0.15, -0.1) is 0 Å². The average molecular weight is 751 g/mol. The number of sulfonamides is 1. The molecule has 7 nitrogen and oxygen atoms in total. The molecular formula is C37H36ClF5N2O5S. The van der Waals surface area contributed by atoms with Crippen LogP contribution in [0.15, 0.2) is 65.6 Å². The third-order valence-electron chi connectivity index (χ3n) is 8.74. The van der Waals surface area contributed by atoms with E-state index >= 15 is 0 Å². The molecule has 0 atom stereocenters. The lowest BCUT2D eigenvalue weighted by Gasteiger charge is -2.28. The van der Waals surface area contributed by atoms with Crippen molar-refractivity contribution in [1.29, 1.82) is 0 Å². The van der Waals surface area contributed by atoms with E-state index in [1.165, 1.54) is 47.4 Å². The Morgan fingerprint density at radius 1 is 0.843 bits per heavy atom. The van der Waals surface area contributed by atoms with Gasteiger partial charge in [0.15, 0.2) is 28.2 Å². The number of amides is 1. The first-order chi connectivity index (χ1) is 23.9. The summed E-state index contributed by atoms with van der Waals surface area (Å²) in [4.78, 5) is 13.4. The zero-order chi connectivity index (χ0) is 37.4. The van der Waals surface area contributed by atoms with Crippen molar-refractivity contribution in [1.82, 2.24) is 4.31 Å². The van der Waals surface area contributed by atoms with Crippen LogP contribution in [-0.4, -0.2) is 35.4 Å². The van der Waals surface area contributed by atoms with Gasteiger partial charge in [-0.3, -0.25) is 4.79 Å². The minimum atomic E-state index is -5.46. The van der Waals surface area contributed by atoms with E-state index in [0.717, 1.165) is 29.5 Å². The number of carbonyl (C=O) groups is 1. The molecule has 1 saturated carbocycles. The van der Waals surface area contributed by atoms with Crippen LogP contribution in [0.1, 0.15) is 73.8 Å². The number of benzene rings is 4. The van der Waals surface area contributed by atoms with Gasteiger partial charge in [-0.05, 0) is 64.6 Å². The number of rotatable bonds is 12. The summed E-state index contributed by atoms with van der Waals surface area (Å²) in [6.07, 6.45) is 1.43. The molecule has 5 rings (SSSR count). The Morgan fingerprint density at radius 2 is 1.45 bits per heavy atom. The monoisotopic (exact) mass is 750 g/mol. The first-order valence-corrected chi connectivity index (χ1v) is 17.9. The van der Waals surface area contributed by atoms with Gasteiger partial charge < -0.3 is 15.1 Å². The summed E-state index contributed by atoms with van der Waals surface area (Å²) in [5.74, 6) is -13.1. The number of anilines is 1. The summed E-state index contributed by atoms with van der Waals surface area (Å²) in [7, 11) is -5.46. The maximum absolute atomic E-state index is 14.9. The summed E-state index contributed by atoms with van der Waals surface area (Å²) >= 11 is 5.95. The van der Waals surface area contributed by atoms with E-state index in [0.29, 0.717) is 10.2 Å². The second kappa shape index (κ2) is 14.9. The fourth-order valence-corrected chi connectivity index (χ4v) is 7.30. The minimum Gasteiger partial charge on any atom is -0.508 e. The van der Waals surface area contributed by atoms with E-state index < -0.39 is 76.0 Å². The van der Waals surface area contributed by atoms with Crippen LogP contribution in [-0.2, 0) is 39.9 Å². The van der Waals surface area contributed by atoms with E-state index in [9.17, 15) is 45.4 Å². The van der Waals surface area contributed by atoms with Gasteiger partial charge in [0.1, 0.15) is 5.75 Å². The highest BCUT2D eigenvalue weighted by Crippen LogP contribution is 2.42. The van der Waals surface area contributed by atoms with E-state index in [4.69, 9.17) is 11.6 Å². The maximum Gasteiger partial charge on any atom is 0.249 e. The highest BCUT2D eigenvalue weighted by atomic mass is 35.5. The van der Waals surface area contributed by atoms with Crippen LogP contribution in [0.3, 0.4) is 0 Å². The largest absolute Gasteiger partial charge is 0.508 e. The molecule has 0 aromatic heterocycles. The number of aliphatic hydroxyl groups excluding tert-OH is 1. The Hall–Kier alpha value is -4.04. The Kier molecular flexibility index (Phi) is 11.2. The van der Waals surface area contributed by atoms with Crippen molar-refractivity contribution >= 4 is 33.2 Å². The predicted molar refractivity (Wildman–Crippen MR) is 182 cm³/mol. The molecule has 0 aliphatic heterocycles. The summed E-state index contributed by atoms with van der Waals surface area (Å²) in [5.41, 5.74) is 3.27. The summed E-state index contributed by atoms with van der Waals surface area (Å²) in [6.45, 7) is 4.30. The van der Waals surface area contributed by atoms with Crippen molar-refractivity contribution in [2.45, 2.75) is 76.0 Å². The van der Waals surface area contributed by atoms with Gasteiger partial charge in [-0.25, -0.2) is 30.4 Å². The molecule has 0 bridgehead atoms.